The molecule has 0 saturated heterocycles. The minimum atomic E-state index is -0.973. The molecule has 0 amide bonds. The lowest BCUT2D eigenvalue weighted by Gasteiger charge is -2.05. The minimum absolute atomic E-state index is 0.128. The normalized spacial score (nSPS) is 10.8. The molecule has 0 unspecified atom stereocenters. The van der Waals surface area contributed by atoms with Gasteiger partial charge in [0.15, 0.2) is 0 Å². The van der Waals surface area contributed by atoms with E-state index in [0.29, 0.717) is 0 Å². The highest BCUT2D eigenvalue weighted by atomic mass is 16.4. The number of carboxylic acids is 2. The van der Waals surface area contributed by atoms with Crippen molar-refractivity contribution in [3.63, 3.8) is 0 Å². The Balaban J connectivity index is 4.03. The van der Waals surface area contributed by atoms with Crippen LogP contribution in [0.25, 0.3) is 0 Å². The summed E-state index contributed by atoms with van der Waals surface area (Å²) in [6, 6.07) is 0. The van der Waals surface area contributed by atoms with E-state index in [1.165, 1.54) is 0 Å². The number of rotatable bonds is 5. The first-order valence-corrected chi connectivity index (χ1v) is 3.62. The quantitative estimate of drug-likeness (QED) is 0.609. The summed E-state index contributed by atoms with van der Waals surface area (Å²) in [5.74, 6) is -2.34. The first-order chi connectivity index (χ1) is 5.56. The zero-order chi connectivity index (χ0) is 9.56. The molecule has 0 aromatic rings. The molecule has 0 radical (unpaired) electrons. The molecule has 0 fully saturated rings. The van der Waals surface area contributed by atoms with Gasteiger partial charge in [-0.25, -0.2) is 0 Å². The molecular formula is C8H12O4. The third kappa shape index (κ3) is 5.46. The Bertz CT molecular complexity index is 179. The van der Waals surface area contributed by atoms with Gasteiger partial charge in [-0.1, -0.05) is 12.2 Å². The van der Waals surface area contributed by atoms with Gasteiger partial charge in [-0.3, -0.25) is 9.59 Å². The molecule has 0 aromatic carbocycles. The lowest BCUT2D eigenvalue weighted by molar-refractivity contribution is -0.139. The van der Waals surface area contributed by atoms with Gasteiger partial charge in [0.25, 0.3) is 0 Å². The summed E-state index contributed by atoms with van der Waals surface area (Å²) in [6.07, 6.45) is 3.01. The molecule has 2 N–H and O–H groups in total. The summed E-state index contributed by atoms with van der Waals surface area (Å²) in [7, 11) is 0. The first kappa shape index (κ1) is 10.7. The molecule has 0 bridgehead atoms. The van der Waals surface area contributed by atoms with Gasteiger partial charge in [0.05, 0.1) is 12.8 Å². The standard InChI is InChI=1S/C8H12O4/c1-2-3-6(4-7(9)10)5-8(11)12/h2-3,6H,4-5H2,1H3,(H,9,10)(H,11,12)/b3-2+. The predicted molar refractivity (Wildman–Crippen MR) is 42.8 cm³/mol. The fraction of sp³-hybridized carbons (Fsp3) is 0.500. The molecule has 0 aliphatic heterocycles. The molecule has 68 valence electrons. The summed E-state index contributed by atoms with van der Waals surface area (Å²) in [5.41, 5.74) is 0. The van der Waals surface area contributed by atoms with Crippen LogP contribution in [0.2, 0.25) is 0 Å². The van der Waals surface area contributed by atoms with Crippen molar-refractivity contribution in [2.75, 3.05) is 0 Å². The van der Waals surface area contributed by atoms with Gasteiger partial charge >= 0.3 is 11.9 Å². The Morgan fingerprint density at radius 2 is 1.67 bits per heavy atom. The average Bonchev–Trinajstić information content (AvgIpc) is 1.84. The second-order valence-electron chi connectivity index (χ2n) is 2.48. The Morgan fingerprint density at radius 3 is 1.92 bits per heavy atom. The third-order valence-corrected chi connectivity index (χ3v) is 1.34. The van der Waals surface area contributed by atoms with Crippen molar-refractivity contribution in [3.05, 3.63) is 12.2 Å². The van der Waals surface area contributed by atoms with Crippen molar-refractivity contribution in [1.82, 2.24) is 0 Å². The van der Waals surface area contributed by atoms with Crippen molar-refractivity contribution < 1.29 is 19.8 Å². The van der Waals surface area contributed by atoms with E-state index in [0.717, 1.165) is 0 Å². The van der Waals surface area contributed by atoms with E-state index in [1.54, 1.807) is 19.1 Å². The molecule has 0 spiro atoms. The monoisotopic (exact) mass is 172 g/mol. The highest BCUT2D eigenvalue weighted by Gasteiger charge is 2.13. The van der Waals surface area contributed by atoms with Gasteiger partial charge in [-0.05, 0) is 12.8 Å². The maximum atomic E-state index is 10.2. The van der Waals surface area contributed by atoms with Gasteiger partial charge in [-0.15, -0.1) is 0 Å². The highest BCUT2D eigenvalue weighted by Crippen LogP contribution is 2.10. The van der Waals surface area contributed by atoms with Crippen LogP contribution in [-0.4, -0.2) is 22.2 Å². The maximum Gasteiger partial charge on any atom is 0.303 e. The zero-order valence-electron chi connectivity index (χ0n) is 6.86. The van der Waals surface area contributed by atoms with Crippen molar-refractivity contribution in [1.29, 1.82) is 0 Å². The minimum Gasteiger partial charge on any atom is -0.481 e. The topological polar surface area (TPSA) is 74.6 Å². The van der Waals surface area contributed by atoms with Gasteiger partial charge in [0.1, 0.15) is 0 Å². The lowest BCUT2D eigenvalue weighted by atomic mass is 10.0. The van der Waals surface area contributed by atoms with Crippen molar-refractivity contribution in [2.24, 2.45) is 5.92 Å². The van der Waals surface area contributed by atoms with Crippen LogP contribution in [0.5, 0.6) is 0 Å². The second kappa shape index (κ2) is 5.35. The average molecular weight is 172 g/mol. The number of allylic oxidation sites excluding steroid dienone is 2. The summed E-state index contributed by atoms with van der Waals surface area (Å²) >= 11 is 0. The molecule has 0 aromatic heterocycles. The summed E-state index contributed by atoms with van der Waals surface area (Å²) in [4.78, 5) is 20.5. The van der Waals surface area contributed by atoms with Gasteiger partial charge in [0, 0.05) is 0 Å². The summed E-state index contributed by atoms with van der Waals surface area (Å²) in [6.45, 7) is 1.73. The number of carboxylic acid groups (broad SMARTS) is 2. The largest absolute Gasteiger partial charge is 0.481 e. The second-order valence-corrected chi connectivity index (χ2v) is 2.48. The van der Waals surface area contributed by atoms with Crippen molar-refractivity contribution in [3.8, 4) is 0 Å². The van der Waals surface area contributed by atoms with Crippen LogP contribution >= 0.6 is 0 Å². The summed E-state index contributed by atoms with van der Waals surface area (Å²) < 4.78 is 0. The van der Waals surface area contributed by atoms with Crippen LogP contribution in [-0.2, 0) is 9.59 Å². The molecule has 0 aliphatic carbocycles. The molecule has 4 heteroatoms. The first-order valence-electron chi connectivity index (χ1n) is 3.62. The molecular weight excluding hydrogens is 160 g/mol. The van der Waals surface area contributed by atoms with Gasteiger partial charge in [-0.2, -0.15) is 0 Å². The lowest BCUT2D eigenvalue weighted by Crippen LogP contribution is -2.10. The van der Waals surface area contributed by atoms with Crippen LogP contribution in [0.15, 0.2) is 12.2 Å². The molecule has 0 saturated carbocycles. The number of hydrogen-bond acceptors (Lipinski definition) is 2. The Morgan fingerprint density at radius 1 is 1.25 bits per heavy atom. The van der Waals surface area contributed by atoms with Crippen molar-refractivity contribution >= 4 is 11.9 Å². The SMILES string of the molecule is C/C=C/C(CC(=O)O)CC(=O)O. The van der Waals surface area contributed by atoms with E-state index in [9.17, 15) is 9.59 Å². The third-order valence-electron chi connectivity index (χ3n) is 1.34. The maximum absolute atomic E-state index is 10.2. The van der Waals surface area contributed by atoms with Crippen molar-refractivity contribution in [2.45, 2.75) is 19.8 Å². The van der Waals surface area contributed by atoms with Crippen LogP contribution in [0.3, 0.4) is 0 Å². The van der Waals surface area contributed by atoms with E-state index in [1.807, 2.05) is 0 Å². The smallest absolute Gasteiger partial charge is 0.303 e. The Kier molecular flexibility index (Phi) is 4.76. The van der Waals surface area contributed by atoms with E-state index in [4.69, 9.17) is 10.2 Å². The fourth-order valence-electron chi connectivity index (χ4n) is 0.929. The molecule has 0 heterocycles. The molecule has 0 aliphatic rings. The highest BCUT2D eigenvalue weighted by molar-refractivity contribution is 5.71. The van der Waals surface area contributed by atoms with Crippen LogP contribution in [0, 0.1) is 5.92 Å². The predicted octanol–water partition coefficient (Wildman–Crippen LogP) is 1.13. The molecule has 12 heavy (non-hydrogen) atoms. The summed E-state index contributed by atoms with van der Waals surface area (Å²) in [5, 5.41) is 16.8. The van der Waals surface area contributed by atoms with E-state index in [2.05, 4.69) is 0 Å². The number of carbonyl (C=O) groups is 2. The van der Waals surface area contributed by atoms with Gasteiger partial charge in [0.2, 0.25) is 0 Å². The van der Waals surface area contributed by atoms with E-state index < -0.39 is 17.9 Å². The van der Waals surface area contributed by atoms with Gasteiger partial charge < -0.3 is 10.2 Å². The zero-order valence-corrected chi connectivity index (χ0v) is 6.86. The molecule has 0 rings (SSSR count). The van der Waals surface area contributed by atoms with E-state index in [-0.39, 0.29) is 12.8 Å². The number of hydrogen-bond donors (Lipinski definition) is 2. The molecule has 0 atom stereocenters. The fourth-order valence-corrected chi connectivity index (χ4v) is 0.929. The van der Waals surface area contributed by atoms with Crippen LogP contribution < -0.4 is 0 Å². The molecule has 4 nitrogen and oxygen atoms in total. The van der Waals surface area contributed by atoms with Crippen LogP contribution in [0.4, 0.5) is 0 Å². The Labute approximate surface area is 70.5 Å². The van der Waals surface area contributed by atoms with E-state index >= 15 is 0 Å². The van der Waals surface area contributed by atoms with Crippen LogP contribution in [0.1, 0.15) is 19.8 Å². The Hall–Kier alpha value is -1.32. The number of aliphatic carboxylic acids is 2.